The number of piperidine rings is 1. The highest BCUT2D eigenvalue weighted by atomic mass is 79.9. The third-order valence-corrected chi connectivity index (χ3v) is 9.91. The first-order chi connectivity index (χ1) is 17.2. The van der Waals surface area contributed by atoms with Gasteiger partial charge in [0, 0.05) is 43.3 Å². The number of aryl methyl sites for hydroxylation is 2. The number of nitrogens with one attached hydrogen (secondary N) is 1. The quantitative estimate of drug-likeness (QED) is 0.328. The van der Waals surface area contributed by atoms with Crippen molar-refractivity contribution in [3.05, 3.63) is 56.9 Å². The molecule has 0 radical (unpaired) electrons. The lowest BCUT2D eigenvalue weighted by Gasteiger charge is -2.31. The minimum absolute atomic E-state index is 0.0961. The normalized spacial score (nSPS) is 15.6. The van der Waals surface area contributed by atoms with Crippen LogP contribution in [0.15, 0.2) is 45.9 Å². The molecule has 1 aliphatic heterocycles. The highest BCUT2D eigenvalue weighted by molar-refractivity contribution is 9.10. The number of hydrogen-bond donors (Lipinski definition) is 1. The number of rotatable bonds is 6. The number of sulfonamides is 1. The summed E-state index contributed by atoms with van der Waals surface area (Å²) in [7, 11) is -2.07. The topological polar surface area (TPSA) is 97.4 Å². The average Bonchev–Trinajstić information content (AvgIpc) is 3.36. The number of benzene rings is 1. The molecule has 0 spiro atoms. The van der Waals surface area contributed by atoms with Gasteiger partial charge in [0.1, 0.15) is 15.9 Å². The zero-order valence-electron chi connectivity index (χ0n) is 19.6. The molecule has 3 aromatic heterocycles. The monoisotopic (exact) mass is 611 g/mol. The van der Waals surface area contributed by atoms with Gasteiger partial charge in [0.2, 0.25) is 10.0 Å². The van der Waals surface area contributed by atoms with E-state index in [-0.39, 0.29) is 16.0 Å². The molecule has 1 aliphatic rings. The van der Waals surface area contributed by atoms with Gasteiger partial charge in [0.25, 0.3) is 0 Å². The number of anilines is 1. The van der Waals surface area contributed by atoms with E-state index in [1.54, 1.807) is 24.7 Å². The summed E-state index contributed by atoms with van der Waals surface area (Å²) in [5, 5.41) is 12.9. The molecule has 0 aliphatic carbocycles. The molecule has 1 fully saturated rings. The maximum Gasteiger partial charge on any atom is 0.248 e. The van der Waals surface area contributed by atoms with Crippen LogP contribution in [-0.4, -0.2) is 56.7 Å². The Morgan fingerprint density at radius 3 is 2.58 bits per heavy atom. The van der Waals surface area contributed by atoms with Crippen LogP contribution in [0.4, 0.5) is 5.82 Å². The minimum Gasteiger partial charge on any atom is -0.370 e. The molecule has 0 saturated carbocycles. The first-order valence-electron chi connectivity index (χ1n) is 11.4. The molecule has 13 heteroatoms. The maximum absolute atomic E-state index is 13.2. The third kappa shape index (κ3) is 4.63. The van der Waals surface area contributed by atoms with Crippen molar-refractivity contribution in [3.8, 4) is 11.3 Å². The van der Waals surface area contributed by atoms with Crippen molar-refractivity contribution in [1.82, 2.24) is 28.7 Å². The molecule has 0 unspecified atom stereocenters. The number of halogens is 3. The first kappa shape index (κ1) is 25.5. The van der Waals surface area contributed by atoms with Gasteiger partial charge in [0.15, 0.2) is 5.65 Å². The van der Waals surface area contributed by atoms with E-state index in [4.69, 9.17) is 28.2 Å². The van der Waals surface area contributed by atoms with E-state index < -0.39 is 10.0 Å². The largest absolute Gasteiger partial charge is 0.370 e. The third-order valence-electron chi connectivity index (χ3n) is 6.42. The summed E-state index contributed by atoms with van der Waals surface area (Å²) in [6.07, 6.45) is 3.15. The van der Waals surface area contributed by atoms with Crippen molar-refractivity contribution >= 4 is 60.6 Å². The summed E-state index contributed by atoms with van der Waals surface area (Å²) in [6, 6.07) is 9.51. The Bertz CT molecular complexity index is 1550. The van der Waals surface area contributed by atoms with Crippen molar-refractivity contribution in [2.75, 3.05) is 25.0 Å². The van der Waals surface area contributed by atoms with Gasteiger partial charge in [-0.15, -0.1) is 0 Å². The van der Waals surface area contributed by atoms with Crippen LogP contribution in [0.5, 0.6) is 0 Å². The standard InChI is InChI=1S/C23H24BrCl2N7O2S/c1-14-21(22(26)31(2)30-14)36(34,35)32-9-7-15(8-10-32)12-27-20-11-19(16-5-3-4-6-18(16)25)29-23-17(24)13-28-33(20)23/h3-6,11,13,15,27H,7-10,12H2,1-2H3. The van der Waals surface area contributed by atoms with Gasteiger partial charge in [-0.05, 0) is 47.7 Å². The highest BCUT2D eigenvalue weighted by Gasteiger charge is 2.34. The van der Waals surface area contributed by atoms with Gasteiger partial charge in [-0.25, -0.2) is 13.4 Å². The molecule has 1 saturated heterocycles. The summed E-state index contributed by atoms with van der Waals surface area (Å²) in [5.74, 6) is 1.07. The SMILES string of the molecule is Cc1nn(C)c(Cl)c1S(=O)(=O)N1CCC(CNc2cc(-c3ccccc3Cl)nc3c(Br)cnn23)CC1. The molecular formula is C23H24BrCl2N7O2S. The predicted molar refractivity (Wildman–Crippen MR) is 144 cm³/mol. The second kappa shape index (κ2) is 9.94. The first-order valence-corrected chi connectivity index (χ1v) is 14.4. The average molecular weight is 613 g/mol. The Morgan fingerprint density at radius 2 is 1.92 bits per heavy atom. The molecule has 9 nitrogen and oxygen atoms in total. The maximum atomic E-state index is 13.2. The minimum atomic E-state index is -3.70. The molecule has 1 N–H and O–H groups in total. The van der Waals surface area contributed by atoms with E-state index in [0.29, 0.717) is 36.0 Å². The lowest BCUT2D eigenvalue weighted by molar-refractivity contribution is 0.282. The Morgan fingerprint density at radius 1 is 1.19 bits per heavy atom. The molecule has 4 heterocycles. The van der Waals surface area contributed by atoms with Crippen molar-refractivity contribution in [1.29, 1.82) is 0 Å². The van der Waals surface area contributed by atoms with E-state index >= 15 is 0 Å². The van der Waals surface area contributed by atoms with E-state index in [9.17, 15) is 8.42 Å². The van der Waals surface area contributed by atoms with Crippen LogP contribution in [0.1, 0.15) is 18.5 Å². The van der Waals surface area contributed by atoms with Crippen LogP contribution in [0, 0.1) is 12.8 Å². The zero-order chi connectivity index (χ0) is 25.6. The Labute approximate surface area is 227 Å². The van der Waals surface area contributed by atoms with Gasteiger partial charge in [0.05, 0.1) is 22.1 Å². The number of fused-ring (bicyclic) bond motifs is 1. The van der Waals surface area contributed by atoms with Crippen molar-refractivity contribution in [2.45, 2.75) is 24.7 Å². The van der Waals surface area contributed by atoms with Gasteiger partial charge < -0.3 is 5.32 Å². The van der Waals surface area contributed by atoms with E-state index in [1.807, 2.05) is 30.3 Å². The van der Waals surface area contributed by atoms with Gasteiger partial charge >= 0.3 is 0 Å². The fourth-order valence-electron chi connectivity index (χ4n) is 4.50. The smallest absolute Gasteiger partial charge is 0.248 e. The molecule has 0 amide bonds. The van der Waals surface area contributed by atoms with Crippen LogP contribution in [0.2, 0.25) is 10.2 Å². The van der Waals surface area contributed by atoms with Crippen molar-refractivity contribution in [2.24, 2.45) is 13.0 Å². The Balaban J connectivity index is 1.31. The van der Waals surface area contributed by atoms with E-state index in [2.05, 4.69) is 31.4 Å². The zero-order valence-corrected chi connectivity index (χ0v) is 23.5. The second-order valence-electron chi connectivity index (χ2n) is 8.79. The lowest BCUT2D eigenvalue weighted by atomic mass is 9.98. The summed E-state index contributed by atoms with van der Waals surface area (Å²) in [5.41, 5.74) is 2.66. The molecule has 0 bridgehead atoms. The summed E-state index contributed by atoms with van der Waals surface area (Å²) in [6.45, 7) is 3.17. The van der Waals surface area contributed by atoms with Crippen LogP contribution in [0.3, 0.4) is 0 Å². The predicted octanol–water partition coefficient (Wildman–Crippen LogP) is 5.02. The fraction of sp³-hybridized carbons (Fsp3) is 0.348. The second-order valence-corrected chi connectivity index (χ2v) is 12.3. The fourth-order valence-corrected chi connectivity index (χ4v) is 7.26. The van der Waals surface area contributed by atoms with Crippen molar-refractivity contribution in [3.63, 3.8) is 0 Å². The summed E-state index contributed by atoms with van der Waals surface area (Å²) in [4.78, 5) is 4.84. The van der Waals surface area contributed by atoms with Crippen LogP contribution < -0.4 is 5.32 Å². The molecule has 1 aromatic carbocycles. The molecule has 36 heavy (non-hydrogen) atoms. The summed E-state index contributed by atoms with van der Waals surface area (Å²) < 4.78 is 31.9. The molecule has 5 rings (SSSR count). The van der Waals surface area contributed by atoms with E-state index in [1.165, 1.54) is 8.99 Å². The molecular weight excluding hydrogens is 589 g/mol. The van der Waals surface area contributed by atoms with Crippen molar-refractivity contribution < 1.29 is 8.42 Å². The summed E-state index contributed by atoms with van der Waals surface area (Å²) >= 11 is 16.2. The van der Waals surface area contributed by atoms with Gasteiger partial charge in [-0.1, -0.05) is 41.4 Å². The van der Waals surface area contributed by atoms with Gasteiger partial charge in [-0.2, -0.15) is 19.0 Å². The number of aromatic nitrogens is 5. The van der Waals surface area contributed by atoms with E-state index in [0.717, 1.165) is 34.4 Å². The Kier molecular flexibility index (Phi) is 7.03. The highest BCUT2D eigenvalue weighted by Crippen LogP contribution is 2.32. The van der Waals surface area contributed by atoms with Gasteiger partial charge in [-0.3, -0.25) is 4.68 Å². The number of hydrogen-bond acceptors (Lipinski definition) is 6. The molecule has 4 aromatic rings. The number of nitrogens with zero attached hydrogens (tertiary/aromatic N) is 6. The Hall–Kier alpha value is -2.18. The van der Waals surface area contributed by atoms with Crippen LogP contribution in [-0.2, 0) is 17.1 Å². The van der Waals surface area contributed by atoms with Crippen LogP contribution in [0.25, 0.3) is 16.9 Å². The molecule has 0 atom stereocenters. The lowest BCUT2D eigenvalue weighted by Crippen LogP contribution is -2.40. The van der Waals surface area contributed by atoms with Crippen LogP contribution >= 0.6 is 39.1 Å². The molecule has 190 valence electrons.